The third kappa shape index (κ3) is 0.694. The van der Waals surface area contributed by atoms with Crippen LogP contribution in [0.1, 0.15) is 19.3 Å². The molecule has 0 amide bonds. The molecule has 2 aliphatic heterocycles. The molecule has 0 aromatic rings. The molecule has 2 heterocycles. The third-order valence-electron chi connectivity index (χ3n) is 3.03. The van der Waals surface area contributed by atoms with Crippen molar-refractivity contribution in [2.75, 3.05) is 0 Å². The van der Waals surface area contributed by atoms with Crippen LogP contribution in [-0.4, -0.2) is 12.2 Å². The van der Waals surface area contributed by atoms with Gasteiger partial charge in [-0.25, -0.2) is 0 Å². The minimum Gasteiger partial charge on any atom is -0.362 e. The molecular weight excluding hydrogens is 136 g/mol. The lowest BCUT2D eigenvalue weighted by Crippen LogP contribution is -2.17. The summed E-state index contributed by atoms with van der Waals surface area (Å²) < 4.78 is 5.74. The molecule has 0 aromatic carbocycles. The van der Waals surface area contributed by atoms with Crippen LogP contribution in [0, 0.1) is 5.92 Å². The maximum absolute atomic E-state index is 5.74. The first-order chi connectivity index (χ1) is 5.45. The van der Waals surface area contributed by atoms with Gasteiger partial charge in [-0.05, 0) is 24.8 Å². The van der Waals surface area contributed by atoms with Crippen LogP contribution in [0.4, 0.5) is 0 Å². The fourth-order valence-electron chi connectivity index (χ4n) is 2.49. The maximum Gasteiger partial charge on any atom is 0.0979 e. The Morgan fingerprint density at radius 3 is 3.27 bits per heavy atom. The normalized spacial score (nSPS) is 45.8. The van der Waals surface area contributed by atoms with E-state index in [1.807, 2.05) is 0 Å². The first-order valence-electron chi connectivity index (χ1n) is 4.49. The first kappa shape index (κ1) is 6.01. The van der Waals surface area contributed by atoms with Gasteiger partial charge in [0.05, 0.1) is 12.2 Å². The highest BCUT2D eigenvalue weighted by atomic mass is 16.5. The van der Waals surface area contributed by atoms with Gasteiger partial charge in [0.25, 0.3) is 0 Å². The number of hydrogen-bond donors (Lipinski definition) is 0. The van der Waals surface area contributed by atoms with E-state index in [2.05, 4.69) is 18.2 Å². The van der Waals surface area contributed by atoms with E-state index >= 15 is 0 Å². The fraction of sp³-hybridized carbons (Fsp3) is 0.600. The molecule has 0 spiro atoms. The highest BCUT2D eigenvalue weighted by molar-refractivity contribution is 5.33. The van der Waals surface area contributed by atoms with Crippen molar-refractivity contribution in [2.24, 2.45) is 5.92 Å². The number of hydrogen-bond acceptors (Lipinski definition) is 1. The minimum atomic E-state index is 0.366. The summed E-state index contributed by atoms with van der Waals surface area (Å²) in [7, 11) is 0. The summed E-state index contributed by atoms with van der Waals surface area (Å²) in [5.41, 5.74) is 1.57. The van der Waals surface area contributed by atoms with Gasteiger partial charge in [0.15, 0.2) is 0 Å². The summed E-state index contributed by atoms with van der Waals surface area (Å²) in [6.07, 6.45) is 11.6. The van der Waals surface area contributed by atoms with E-state index in [9.17, 15) is 0 Å². The van der Waals surface area contributed by atoms with Gasteiger partial charge < -0.3 is 4.74 Å². The van der Waals surface area contributed by atoms with Crippen LogP contribution in [-0.2, 0) is 4.74 Å². The van der Waals surface area contributed by atoms with Gasteiger partial charge in [-0.3, -0.25) is 0 Å². The van der Waals surface area contributed by atoms with Crippen molar-refractivity contribution in [2.45, 2.75) is 31.5 Å². The van der Waals surface area contributed by atoms with Crippen LogP contribution >= 0.6 is 0 Å². The Kier molecular flexibility index (Phi) is 1.08. The van der Waals surface area contributed by atoms with E-state index in [1.165, 1.54) is 19.3 Å². The zero-order chi connectivity index (χ0) is 7.26. The van der Waals surface area contributed by atoms with E-state index in [-0.39, 0.29) is 0 Å². The molecule has 11 heavy (non-hydrogen) atoms. The van der Waals surface area contributed by atoms with Gasteiger partial charge in [-0.2, -0.15) is 0 Å². The molecular formula is C10H12O. The highest BCUT2D eigenvalue weighted by Crippen LogP contribution is 2.43. The van der Waals surface area contributed by atoms with Gasteiger partial charge in [0, 0.05) is 5.92 Å². The molecule has 1 saturated heterocycles. The van der Waals surface area contributed by atoms with Crippen molar-refractivity contribution in [1.82, 2.24) is 0 Å². The Morgan fingerprint density at radius 2 is 2.36 bits per heavy atom. The lowest BCUT2D eigenvalue weighted by atomic mass is 9.81. The molecule has 3 aliphatic rings. The molecule has 1 aliphatic carbocycles. The number of allylic oxidation sites excluding steroid dienone is 1. The quantitative estimate of drug-likeness (QED) is 0.478. The van der Waals surface area contributed by atoms with Crippen molar-refractivity contribution in [3.63, 3.8) is 0 Å². The van der Waals surface area contributed by atoms with Gasteiger partial charge >= 0.3 is 0 Å². The first-order valence-corrected chi connectivity index (χ1v) is 4.49. The van der Waals surface area contributed by atoms with Crippen LogP contribution < -0.4 is 0 Å². The van der Waals surface area contributed by atoms with Gasteiger partial charge in [0.2, 0.25) is 0 Å². The van der Waals surface area contributed by atoms with E-state index in [1.54, 1.807) is 5.57 Å². The zero-order valence-corrected chi connectivity index (χ0v) is 6.49. The summed E-state index contributed by atoms with van der Waals surface area (Å²) in [6, 6.07) is 0. The number of fused-ring (bicyclic) bond motifs is 5. The average molecular weight is 148 g/mol. The van der Waals surface area contributed by atoms with Crippen molar-refractivity contribution in [3.8, 4) is 0 Å². The molecule has 1 fully saturated rings. The SMILES string of the molecule is C1=C[C@H]2O[C@@H]1C1=CCCC[C@H]12. The standard InChI is InChI=1S/C10H12O/c1-2-4-8-7(3-1)9-5-6-10(8)11-9/h3,5-6,8-10H,1-2,4H2/t8-,9+,10-/m1/s1. The second-order valence-electron chi connectivity index (χ2n) is 3.65. The van der Waals surface area contributed by atoms with Crippen LogP contribution in [0.15, 0.2) is 23.8 Å². The van der Waals surface area contributed by atoms with Crippen LogP contribution in [0.3, 0.4) is 0 Å². The summed E-state index contributed by atoms with van der Waals surface area (Å²) in [6.45, 7) is 0. The van der Waals surface area contributed by atoms with Crippen molar-refractivity contribution < 1.29 is 4.74 Å². The summed E-state index contributed by atoms with van der Waals surface area (Å²) >= 11 is 0. The largest absolute Gasteiger partial charge is 0.362 e. The Bertz CT molecular complexity index is 239. The van der Waals surface area contributed by atoms with Gasteiger partial charge in [-0.15, -0.1) is 0 Å². The Labute approximate surface area is 66.7 Å². The zero-order valence-electron chi connectivity index (χ0n) is 6.49. The molecule has 0 saturated carbocycles. The second kappa shape index (κ2) is 1.98. The summed E-state index contributed by atoms with van der Waals surface area (Å²) in [5, 5.41) is 0. The minimum absolute atomic E-state index is 0.366. The van der Waals surface area contributed by atoms with Gasteiger partial charge in [-0.1, -0.05) is 18.2 Å². The highest BCUT2D eigenvalue weighted by Gasteiger charge is 2.41. The lowest BCUT2D eigenvalue weighted by Gasteiger charge is -2.21. The number of rotatable bonds is 0. The predicted molar refractivity (Wildman–Crippen MR) is 43.2 cm³/mol. The van der Waals surface area contributed by atoms with Crippen molar-refractivity contribution in [1.29, 1.82) is 0 Å². The molecule has 3 atom stereocenters. The lowest BCUT2D eigenvalue weighted by molar-refractivity contribution is 0.110. The molecule has 1 nitrogen and oxygen atoms in total. The van der Waals surface area contributed by atoms with Crippen LogP contribution in [0.25, 0.3) is 0 Å². The molecule has 0 radical (unpaired) electrons. The predicted octanol–water partition coefficient (Wildman–Crippen LogP) is 2.05. The van der Waals surface area contributed by atoms with Gasteiger partial charge in [0.1, 0.15) is 0 Å². The number of ether oxygens (including phenoxy) is 1. The topological polar surface area (TPSA) is 9.23 Å². The van der Waals surface area contributed by atoms with Crippen LogP contribution in [0.2, 0.25) is 0 Å². The second-order valence-corrected chi connectivity index (χ2v) is 3.65. The van der Waals surface area contributed by atoms with E-state index in [4.69, 9.17) is 4.74 Å². The molecule has 3 rings (SSSR count). The molecule has 2 bridgehead atoms. The van der Waals surface area contributed by atoms with Crippen molar-refractivity contribution >= 4 is 0 Å². The molecule has 58 valence electrons. The molecule has 0 unspecified atom stereocenters. The third-order valence-corrected chi connectivity index (χ3v) is 3.03. The molecule has 1 heteroatoms. The fourth-order valence-corrected chi connectivity index (χ4v) is 2.49. The molecule has 0 aromatic heterocycles. The monoisotopic (exact) mass is 148 g/mol. The van der Waals surface area contributed by atoms with Crippen molar-refractivity contribution in [3.05, 3.63) is 23.8 Å². The average Bonchev–Trinajstić information content (AvgIpc) is 2.64. The van der Waals surface area contributed by atoms with E-state index in [0.717, 1.165) is 5.92 Å². The Morgan fingerprint density at radius 1 is 1.36 bits per heavy atom. The smallest absolute Gasteiger partial charge is 0.0979 e. The van der Waals surface area contributed by atoms with Crippen LogP contribution in [0.5, 0.6) is 0 Å². The summed E-state index contributed by atoms with van der Waals surface area (Å²) in [4.78, 5) is 0. The Hall–Kier alpha value is -0.560. The van der Waals surface area contributed by atoms with E-state index < -0.39 is 0 Å². The summed E-state index contributed by atoms with van der Waals surface area (Å²) in [5.74, 6) is 0.749. The maximum atomic E-state index is 5.74. The Balaban J connectivity index is 2.04. The molecule has 0 N–H and O–H groups in total. The van der Waals surface area contributed by atoms with E-state index in [0.29, 0.717) is 12.2 Å².